The predicted molar refractivity (Wildman–Crippen MR) is 146 cm³/mol. The van der Waals surface area contributed by atoms with E-state index >= 15 is 0 Å². The number of hydrogen-bond acceptors (Lipinski definition) is 5. The Morgan fingerprint density at radius 1 is 1.14 bits per heavy atom. The second kappa shape index (κ2) is 13.1. The monoisotopic (exact) mass is 549 g/mol. The van der Waals surface area contributed by atoms with Crippen LogP contribution in [-0.2, 0) is 26.2 Å². The number of methoxy groups -OCH3 is 1. The maximum absolute atomic E-state index is 13.4. The number of carbonyl (C=O) groups is 2. The molecule has 1 aliphatic carbocycles. The maximum atomic E-state index is 13.4. The van der Waals surface area contributed by atoms with Gasteiger partial charge in [0.2, 0.25) is 21.8 Å². The Kier molecular flexibility index (Phi) is 10.2. The van der Waals surface area contributed by atoms with E-state index < -0.39 is 16.1 Å². The zero-order chi connectivity index (χ0) is 27.0. The number of ether oxygens (including phenoxy) is 1. The fourth-order valence-electron chi connectivity index (χ4n) is 4.53. The maximum Gasteiger partial charge on any atom is 0.242 e. The Balaban J connectivity index is 1.71. The molecular formula is C27H36ClN3O5S. The van der Waals surface area contributed by atoms with Crippen LogP contribution in [0.1, 0.15) is 51.0 Å². The first-order chi connectivity index (χ1) is 17.6. The third kappa shape index (κ3) is 8.36. The van der Waals surface area contributed by atoms with Crippen molar-refractivity contribution in [1.82, 2.24) is 10.2 Å². The quantitative estimate of drug-likeness (QED) is 0.424. The van der Waals surface area contributed by atoms with Crippen molar-refractivity contribution in [2.24, 2.45) is 0 Å². The van der Waals surface area contributed by atoms with Gasteiger partial charge in [0, 0.05) is 36.6 Å². The lowest BCUT2D eigenvalue weighted by Crippen LogP contribution is -2.49. The molecule has 1 saturated carbocycles. The van der Waals surface area contributed by atoms with Gasteiger partial charge in [-0.05, 0) is 56.0 Å². The smallest absolute Gasteiger partial charge is 0.242 e. The molecule has 0 bridgehead atoms. The molecule has 10 heteroatoms. The minimum absolute atomic E-state index is 0.0879. The molecule has 37 heavy (non-hydrogen) atoms. The number of nitrogens with one attached hydrogen (secondary N) is 1. The molecule has 3 rings (SSSR count). The molecule has 202 valence electrons. The van der Waals surface area contributed by atoms with Gasteiger partial charge in [0.25, 0.3) is 0 Å². The summed E-state index contributed by atoms with van der Waals surface area (Å²) in [4.78, 5) is 28.0. The van der Waals surface area contributed by atoms with E-state index in [9.17, 15) is 18.0 Å². The fraction of sp³-hybridized carbons (Fsp3) is 0.481. The van der Waals surface area contributed by atoms with E-state index in [1.165, 1.54) is 11.4 Å². The number of sulfonamides is 1. The molecule has 0 saturated heterocycles. The van der Waals surface area contributed by atoms with Gasteiger partial charge in [-0.15, -0.1) is 0 Å². The van der Waals surface area contributed by atoms with Gasteiger partial charge < -0.3 is 15.0 Å². The molecule has 0 aliphatic heterocycles. The summed E-state index contributed by atoms with van der Waals surface area (Å²) in [5.74, 6) is 0.143. The molecule has 0 heterocycles. The second-order valence-electron chi connectivity index (χ2n) is 9.45. The first kappa shape index (κ1) is 28.8. The van der Waals surface area contributed by atoms with Crippen LogP contribution in [0.3, 0.4) is 0 Å². The number of nitrogens with zero attached hydrogens (tertiary/aromatic N) is 2. The van der Waals surface area contributed by atoms with E-state index in [-0.39, 0.29) is 43.8 Å². The molecule has 1 atom stereocenters. The average molecular weight is 550 g/mol. The van der Waals surface area contributed by atoms with Gasteiger partial charge in [0.1, 0.15) is 11.8 Å². The number of anilines is 1. The fourth-order valence-corrected chi connectivity index (χ4v) is 5.61. The number of carbonyl (C=O) groups excluding carboxylic acids is 2. The predicted octanol–water partition coefficient (Wildman–Crippen LogP) is 4.37. The van der Waals surface area contributed by atoms with Crippen molar-refractivity contribution in [2.75, 3.05) is 24.2 Å². The van der Waals surface area contributed by atoms with E-state index in [2.05, 4.69) is 5.32 Å². The Hall–Kier alpha value is -2.78. The molecule has 2 amide bonds. The van der Waals surface area contributed by atoms with Crippen LogP contribution in [0.2, 0.25) is 5.02 Å². The van der Waals surface area contributed by atoms with Crippen LogP contribution in [0.4, 0.5) is 5.69 Å². The molecule has 0 spiro atoms. The summed E-state index contributed by atoms with van der Waals surface area (Å²) < 4.78 is 31.5. The standard InChI is InChI=1S/C27H36ClN3O5S/c1-20(27(33)29-23-8-4-5-9-23)30(19-21-13-15-22(28)16-14-21)26(32)12-7-17-31(37(3,34)35)24-10-6-11-25(18-24)36-2/h6,10-11,13-16,18,20,23H,4-5,7-9,12,17,19H2,1-3H3,(H,29,33)/t20-/m1/s1. The van der Waals surface area contributed by atoms with Gasteiger partial charge in [-0.3, -0.25) is 13.9 Å². The third-order valence-corrected chi connectivity index (χ3v) is 8.07. The average Bonchev–Trinajstić information content (AvgIpc) is 3.38. The number of amides is 2. The highest BCUT2D eigenvalue weighted by molar-refractivity contribution is 7.92. The summed E-state index contributed by atoms with van der Waals surface area (Å²) >= 11 is 6.02. The van der Waals surface area contributed by atoms with E-state index in [1.54, 1.807) is 48.2 Å². The van der Waals surface area contributed by atoms with E-state index in [0.29, 0.717) is 16.5 Å². The van der Waals surface area contributed by atoms with Gasteiger partial charge in [-0.25, -0.2) is 8.42 Å². The minimum Gasteiger partial charge on any atom is -0.497 e. The molecule has 0 radical (unpaired) electrons. The number of benzene rings is 2. The van der Waals surface area contributed by atoms with Crippen LogP contribution in [0, 0.1) is 0 Å². The minimum atomic E-state index is -3.58. The van der Waals surface area contributed by atoms with Crippen molar-refractivity contribution in [3.8, 4) is 5.75 Å². The van der Waals surface area contributed by atoms with Crippen molar-refractivity contribution in [3.63, 3.8) is 0 Å². The SMILES string of the molecule is COc1cccc(N(CCCC(=O)N(Cc2ccc(Cl)cc2)[C@H](C)C(=O)NC2CCCC2)S(C)(=O)=O)c1. The molecule has 1 fully saturated rings. The zero-order valence-corrected chi connectivity index (χ0v) is 23.2. The van der Waals surface area contributed by atoms with Crippen LogP contribution >= 0.6 is 11.6 Å². The van der Waals surface area contributed by atoms with Crippen molar-refractivity contribution >= 4 is 39.1 Å². The van der Waals surface area contributed by atoms with Gasteiger partial charge in [0.15, 0.2) is 0 Å². The Bertz CT molecular complexity index is 1170. The zero-order valence-electron chi connectivity index (χ0n) is 21.7. The topological polar surface area (TPSA) is 96.0 Å². The molecule has 2 aromatic rings. The van der Waals surface area contributed by atoms with Gasteiger partial charge in [-0.1, -0.05) is 42.6 Å². The Morgan fingerprint density at radius 2 is 1.81 bits per heavy atom. The largest absolute Gasteiger partial charge is 0.497 e. The van der Waals surface area contributed by atoms with Crippen LogP contribution in [0.5, 0.6) is 5.75 Å². The first-order valence-corrected chi connectivity index (χ1v) is 14.8. The summed E-state index contributed by atoms with van der Waals surface area (Å²) in [5.41, 5.74) is 1.32. The number of hydrogen-bond donors (Lipinski definition) is 1. The third-order valence-electron chi connectivity index (χ3n) is 6.63. The molecular weight excluding hydrogens is 514 g/mol. The Morgan fingerprint density at radius 3 is 2.43 bits per heavy atom. The number of halogens is 1. The van der Waals surface area contributed by atoms with Crippen molar-refractivity contribution in [2.45, 2.75) is 64.1 Å². The molecule has 1 N–H and O–H groups in total. The van der Waals surface area contributed by atoms with Gasteiger partial charge in [0.05, 0.1) is 19.1 Å². The summed E-state index contributed by atoms with van der Waals surface area (Å²) in [7, 11) is -2.06. The van der Waals surface area contributed by atoms with Crippen LogP contribution in [-0.4, -0.2) is 57.1 Å². The Labute approximate surface area is 225 Å². The van der Waals surface area contributed by atoms with Crippen LogP contribution in [0.15, 0.2) is 48.5 Å². The number of rotatable bonds is 12. The van der Waals surface area contributed by atoms with Crippen molar-refractivity contribution in [3.05, 3.63) is 59.1 Å². The highest BCUT2D eigenvalue weighted by atomic mass is 35.5. The summed E-state index contributed by atoms with van der Waals surface area (Å²) in [6, 6.07) is 13.4. The van der Waals surface area contributed by atoms with E-state index in [0.717, 1.165) is 37.5 Å². The molecule has 8 nitrogen and oxygen atoms in total. The molecule has 0 aromatic heterocycles. The summed E-state index contributed by atoms with van der Waals surface area (Å²) in [6.45, 7) is 2.10. The van der Waals surface area contributed by atoms with Crippen molar-refractivity contribution < 1.29 is 22.7 Å². The van der Waals surface area contributed by atoms with Crippen LogP contribution < -0.4 is 14.4 Å². The normalized spacial score (nSPS) is 14.7. The summed E-state index contributed by atoms with van der Waals surface area (Å²) in [5, 5.41) is 3.67. The van der Waals surface area contributed by atoms with Crippen LogP contribution in [0.25, 0.3) is 0 Å². The van der Waals surface area contributed by atoms with Crippen molar-refractivity contribution in [1.29, 1.82) is 0 Å². The first-order valence-electron chi connectivity index (χ1n) is 12.5. The van der Waals surface area contributed by atoms with E-state index in [4.69, 9.17) is 16.3 Å². The lowest BCUT2D eigenvalue weighted by Gasteiger charge is -2.30. The van der Waals surface area contributed by atoms with Gasteiger partial charge >= 0.3 is 0 Å². The van der Waals surface area contributed by atoms with E-state index in [1.807, 2.05) is 12.1 Å². The lowest BCUT2D eigenvalue weighted by atomic mass is 10.1. The highest BCUT2D eigenvalue weighted by Gasteiger charge is 2.28. The molecule has 2 aromatic carbocycles. The molecule has 0 unspecified atom stereocenters. The highest BCUT2D eigenvalue weighted by Crippen LogP contribution is 2.24. The second-order valence-corrected chi connectivity index (χ2v) is 11.8. The van der Waals surface area contributed by atoms with Gasteiger partial charge in [-0.2, -0.15) is 0 Å². The summed E-state index contributed by atoms with van der Waals surface area (Å²) in [6.07, 6.45) is 5.61. The lowest BCUT2D eigenvalue weighted by molar-refractivity contribution is -0.141. The molecule has 1 aliphatic rings.